The van der Waals surface area contributed by atoms with E-state index in [9.17, 15) is 58.2 Å². The summed E-state index contributed by atoms with van der Waals surface area (Å²) in [6.45, 7) is 13.7. The maximum absolute atomic E-state index is 14.9. The molecule has 0 unspecified atom stereocenters. The number of para-hydroxylation sites is 1. The highest BCUT2D eigenvalue weighted by molar-refractivity contribution is 7.80. The third-order valence-corrected chi connectivity index (χ3v) is 14.5. The predicted molar refractivity (Wildman–Crippen MR) is 342 cm³/mol. The van der Waals surface area contributed by atoms with E-state index >= 15 is 0 Å². The van der Waals surface area contributed by atoms with Crippen LogP contribution in [0.5, 0.6) is 0 Å². The van der Waals surface area contributed by atoms with Gasteiger partial charge in [-0.05, 0) is 90.0 Å². The van der Waals surface area contributed by atoms with Gasteiger partial charge in [0.25, 0.3) is 0 Å². The van der Waals surface area contributed by atoms with E-state index in [1.165, 1.54) is 13.8 Å². The maximum atomic E-state index is 14.9. The Morgan fingerprint density at radius 1 is 0.545 bits per heavy atom. The fourth-order valence-corrected chi connectivity index (χ4v) is 9.51. The number of carbonyl (C=O) groups is 10. The molecule has 3 aromatic rings. The molecule has 1 aromatic heterocycles. The van der Waals surface area contributed by atoms with Crippen molar-refractivity contribution in [2.24, 2.45) is 10.7 Å². The number of aromatic nitrogens is 1. The van der Waals surface area contributed by atoms with Gasteiger partial charge in [0.05, 0.1) is 18.8 Å². The number of nitrogens with zero attached hydrogens (tertiary/aromatic N) is 1. The van der Waals surface area contributed by atoms with Crippen molar-refractivity contribution in [2.45, 2.75) is 173 Å². The second-order valence-electron chi connectivity index (χ2n) is 21.4. The van der Waals surface area contributed by atoms with Crippen LogP contribution in [0.15, 0.2) is 65.8 Å². The van der Waals surface area contributed by atoms with E-state index in [1.54, 1.807) is 49.5 Å². The number of thiol groups is 2. The lowest BCUT2D eigenvalue weighted by Gasteiger charge is -2.28. The minimum absolute atomic E-state index is 0.00352. The monoisotopic (exact) mass is 1270 g/mol. The van der Waals surface area contributed by atoms with E-state index in [1.807, 2.05) is 45.9 Å². The number of fused-ring (bicyclic) bond motifs is 1. The number of unbranched alkanes of at least 4 members (excludes halogenated alkanes) is 2. The van der Waals surface area contributed by atoms with Crippen LogP contribution in [0.25, 0.3) is 10.9 Å². The number of H-pyrrole nitrogens is 1. The molecular weight excluding hydrogens is 1170 g/mol. The summed E-state index contributed by atoms with van der Waals surface area (Å²) in [5.74, 6) is -8.12. The summed E-state index contributed by atoms with van der Waals surface area (Å²) in [5.41, 5.74) is 7.26. The number of amides is 10. The summed E-state index contributed by atoms with van der Waals surface area (Å²) in [6.07, 6.45) is 0.876. The standard InChI is InChI=1S/C59H93N15O12S2/c1-8-47(77)67-41(24-17-19-27-64-59(61-9-2)62-10-3)52(80)66-31-48(78)68-45(32-87)56(84)70-43(28-37-20-12-11-13-21-37)54(82)71-44(29-38-30-65-40-23-15-14-22-39(38)40)55(83)69-42(25-16-18-26-63-34(4)5)53(81)74-50(36(7)76)58(86)72-46(33-88)57(85)73-49(35(6)75)51(60)79/h11-15,20-23,30,34-36,41-46,49-50,63,65,75-76,87-88H,8-10,16-19,24-29,31-33H2,1-7H3,(H2,60,79)(H,66,80)(H,67,77)(H,68,78)(H,69,83)(H,70,84)(H,71,82)(H,72,86)(H,73,85)(H,74,81)(H2,61,62,64)/t35-,36-,41-,42+,43+,44-,45+,46+,49+,50+/m1/s1. The van der Waals surface area contributed by atoms with Gasteiger partial charge in [0, 0.05) is 73.5 Å². The van der Waals surface area contributed by atoms with Crippen molar-refractivity contribution in [1.29, 1.82) is 0 Å². The number of nitrogens with two attached hydrogens (primary N) is 1. The molecule has 488 valence electrons. The summed E-state index contributed by atoms with van der Waals surface area (Å²) in [6, 6.07) is 4.85. The first-order valence-electron chi connectivity index (χ1n) is 29.9. The summed E-state index contributed by atoms with van der Waals surface area (Å²) in [7, 11) is 0. The molecule has 0 saturated carbocycles. The van der Waals surface area contributed by atoms with Crippen molar-refractivity contribution >= 4 is 101 Å². The number of aliphatic hydroxyl groups excluding tert-OH is 2. The third kappa shape index (κ3) is 26.5. The molecule has 1 heterocycles. The van der Waals surface area contributed by atoms with Crippen LogP contribution >= 0.6 is 25.3 Å². The second-order valence-corrected chi connectivity index (χ2v) is 22.2. The molecule has 0 aliphatic carbocycles. The molecule has 17 N–H and O–H groups in total. The molecule has 0 aliphatic heterocycles. The summed E-state index contributed by atoms with van der Waals surface area (Å²) >= 11 is 8.49. The molecule has 0 aliphatic rings. The van der Waals surface area contributed by atoms with Gasteiger partial charge in [-0.2, -0.15) is 25.3 Å². The Morgan fingerprint density at radius 2 is 1.05 bits per heavy atom. The van der Waals surface area contributed by atoms with Crippen LogP contribution in [0.4, 0.5) is 0 Å². The van der Waals surface area contributed by atoms with Crippen molar-refractivity contribution < 1.29 is 58.2 Å². The predicted octanol–water partition coefficient (Wildman–Crippen LogP) is -1.62. The zero-order valence-corrected chi connectivity index (χ0v) is 53.1. The number of benzene rings is 2. The van der Waals surface area contributed by atoms with Crippen molar-refractivity contribution in [3.8, 4) is 0 Å². The highest BCUT2D eigenvalue weighted by Crippen LogP contribution is 2.20. The normalized spacial score (nSPS) is 14.5. The molecular formula is C59H93N15O12S2. The second kappa shape index (κ2) is 40.1. The number of hydrogen-bond donors (Lipinski definition) is 18. The number of rotatable bonds is 40. The van der Waals surface area contributed by atoms with Crippen molar-refractivity contribution in [2.75, 3.05) is 44.2 Å². The van der Waals surface area contributed by atoms with Crippen LogP contribution in [0.2, 0.25) is 0 Å². The zero-order chi connectivity index (χ0) is 65.3. The number of aromatic amines is 1. The van der Waals surface area contributed by atoms with E-state index in [2.05, 4.69) is 99.0 Å². The Kier molecular flexibility index (Phi) is 34.1. The van der Waals surface area contributed by atoms with Crippen molar-refractivity contribution in [3.63, 3.8) is 0 Å². The molecule has 0 bridgehead atoms. The van der Waals surface area contributed by atoms with Gasteiger partial charge in [-0.1, -0.05) is 69.3 Å². The molecule has 0 saturated heterocycles. The SMILES string of the molecule is CCNC(=NCCCC[C@@H](NC(=O)CC)C(=O)NCC(=O)N[C@@H](CS)C(=O)N[C@@H](Cc1ccccc1)C(=O)N[C@H](Cc1c[nH]c2ccccc12)C(=O)N[C@@H](CCCCNC(C)C)C(=O)N[C@H](C(=O)N[C@@H](CS)C(=O)N[C@H](C(N)=O)[C@@H](C)O)[C@@H](C)O)NCC. The Labute approximate surface area is 525 Å². The maximum Gasteiger partial charge on any atom is 0.245 e. The van der Waals surface area contributed by atoms with E-state index in [0.29, 0.717) is 68.9 Å². The minimum Gasteiger partial charge on any atom is -0.391 e. The average molecular weight is 1270 g/mol. The lowest BCUT2D eigenvalue weighted by atomic mass is 10.0. The van der Waals surface area contributed by atoms with Crippen LogP contribution in [0, 0.1) is 0 Å². The highest BCUT2D eigenvalue weighted by Gasteiger charge is 2.36. The van der Waals surface area contributed by atoms with Crippen molar-refractivity contribution in [3.05, 3.63) is 71.9 Å². The highest BCUT2D eigenvalue weighted by atomic mass is 32.1. The van der Waals surface area contributed by atoms with Crippen LogP contribution in [-0.2, 0) is 60.8 Å². The van der Waals surface area contributed by atoms with Gasteiger partial charge < -0.3 is 84.7 Å². The van der Waals surface area contributed by atoms with Gasteiger partial charge in [-0.3, -0.25) is 52.9 Å². The minimum atomic E-state index is -1.72. The van der Waals surface area contributed by atoms with Crippen molar-refractivity contribution in [1.82, 2.24) is 68.8 Å². The number of hydrogen-bond acceptors (Lipinski definition) is 16. The largest absolute Gasteiger partial charge is 0.391 e. The first-order valence-corrected chi connectivity index (χ1v) is 31.1. The fourth-order valence-electron chi connectivity index (χ4n) is 8.99. The van der Waals surface area contributed by atoms with Crippen LogP contribution in [0.3, 0.4) is 0 Å². The Morgan fingerprint density at radius 3 is 1.62 bits per heavy atom. The fraction of sp³-hybridized carbons (Fsp3) is 0.576. The molecule has 0 fully saturated rings. The molecule has 10 amide bonds. The zero-order valence-electron chi connectivity index (χ0n) is 51.3. The summed E-state index contributed by atoms with van der Waals surface area (Å²) in [5, 5.41) is 54.4. The quantitative estimate of drug-likeness (QED) is 0.0132. The molecule has 2 aromatic carbocycles. The van der Waals surface area contributed by atoms with Gasteiger partial charge in [0.15, 0.2) is 5.96 Å². The smallest absolute Gasteiger partial charge is 0.245 e. The van der Waals surface area contributed by atoms with Crippen LogP contribution in [-0.4, -0.2) is 191 Å². The number of guanidine groups is 1. The molecule has 0 spiro atoms. The topological polar surface area (TPSA) is 410 Å². The van der Waals surface area contributed by atoms with Gasteiger partial charge in [-0.25, -0.2) is 0 Å². The Bertz CT molecular complexity index is 2760. The van der Waals surface area contributed by atoms with Crippen LogP contribution in [0.1, 0.15) is 105 Å². The number of aliphatic imine (C=N–C) groups is 1. The average Bonchev–Trinajstić information content (AvgIpc) is 4.15. The van der Waals surface area contributed by atoms with E-state index in [4.69, 9.17) is 5.73 Å². The molecule has 29 heteroatoms. The molecule has 0 radical (unpaired) electrons. The van der Waals surface area contributed by atoms with Gasteiger partial charge >= 0.3 is 0 Å². The number of carbonyl (C=O) groups excluding carboxylic acids is 10. The van der Waals surface area contributed by atoms with E-state index in [-0.39, 0.29) is 55.6 Å². The van der Waals surface area contributed by atoms with E-state index < -0.39 is 120 Å². The van der Waals surface area contributed by atoms with Gasteiger partial charge in [0.2, 0.25) is 59.1 Å². The third-order valence-electron chi connectivity index (χ3n) is 13.8. The lowest BCUT2D eigenvalue weighted by molar-refractivity contribution is -0.137. The number of aliphatic hydroxyl groups is 2. The first-order chi connectivity index (χ1) is 42.0. The first kappa shape index (κ1) is 74.8. The molecule has 27 nitrogen and oxygen atoms in total. The Hall–Kier alpha value is -7.47. The molecule has 10 atom stereocenters. The number of nitrogens with one attached hydrogen (secondary N) is 13. The van der Waals surface area contributed by atoms with Gasteiger partial charge in [0.1, 0.15) is 48.3 Å². The number of primary amides is 1. The van der Waals surface area contributed by atoms with E-state index in [0.717, 1.165) is 10.9 Å². The summed E-state index contributed by atoms with van der Waals surface area (Å²) in [4.78, 5) is 144. The Balaban J connectivity index is 1.92. The lowest BCUT2D eigenvalue weighted by Crippen LogP contribution is -2.62. The summed E-state index contributed by atoms with van der Waals surface area (Å²) < 4.78 is 0. The van der Waals surface area contributed by atoms with Gasteiger partial charge in [-0.15, -0.1) is 0 Å². The van der Waals surface area contributed by atoms with Crippen LogP contribution < -0.4 is 69.5 Å². The molecule has 88 heavy (non-hydrogen) atoms. The molecule has 3 rings (SSSR count).